The van der Waals surface area contributed by atoms with Gasteiger partial charge < -0.3 is 44.8 Å². The molecule has 11 heteroatoms. The number of rotatable bonds is 12. The number of hydrogen-bond acceptors (Lipinski definition) is 10. The number of methoxy groups -OCH3 is 2. The van der Waals surface area contributed by atoms with Gasteiger partial charge in [-0.2, -0.15) is 0 Å². The van der Waals surface area contributed by atoms with Crippen LogP contribution in [0.4, 0.5) is 0 Å². The third-order valence-electron chi connectivity index (χ3n) is 11.2. The van der Waals surface area contributed by atoms with E-state index in [1.54, 1.807) is 14.2 Å². The molecule has 0 bridgehead atoms. The number of hydrogen-bond donors (Lipinski definition) is 6. The first kappa shape index (κ1) is 39.4. The van der Waals surface area contributed by atoms with Crippen molar-refractivity contribution in [1.29, 1.82) is 0 Å². The molecule has 0 amide bonds. The highest BCUT2D eigenvalue weighted by molar-refractivity contribution is 5.71. The van der Waals surface area contributed by atoms with Crippen molar-refractivity contribution in [2.24, 2.45) is 35.5 Å². The first-order valence-electron chi connectivity index (χ1n) is 18.0. The molecule has 6 N–H and O–H groups in total. The van der Waals surface area contributed by atoms with Crippen LogP contribution in [0, 0.1) is 35.5 Å². The smallest absolute Gasteiger partial charge is 0.308 e. The second-order valence-corrected chi connectivity index (χ2v) is 14.8. The fourth-order valence-corrected chi connectivity index (χ4v) is 8.73. The molecular weight excluding hydrogens is 632 g/mol. The average molecular weight is 691 g/mol. The Hall–Kier alpha value is -2.38. The Morgan fingerprint density at radius 1 is 0.837 bits per heavy atom. The Kier molecular flexibility index (Phi) is 14.6. The van der Waals surface area contributed by atoms with Crippen LogP contribution in [0.25, 0.3) is 0 Å². The maximum absolute atomic E-state index is 11.5. The first-order valence-corrected chi connectivity index (χ1v) is 18.0. The number of aliphatic hydroxyl groups is 5. The number of allylic oxidation sites excluding steroid dienone is 4. The van der Waals surface area contributed by atoms with Crippen molar-refractivity contribution in [2.45, 2.75) is 127 Å². The van der Waals surface area contributed by atoms with Gasteiger partial charge in [-0.05, 0) is 66.9 Å². The lowest BCUT2D eigenvalue weighted by molar-refractivity contribution is -0.160. The van der Waals surface area contributed by atoms with E-state index in [1.807, 2.05) is 12.2 Å². The quantitative estimate of drug-likeness (QED) is 0.165. The molecule has 276 valence electrons. The summed E-state index contributed by atoms with van der Waals surface area (Å²) in [6.07, 6.45) is 13.3. The predicted octanol–water partition coefficient (Wildman–Crippen LogP) is 3.47. The van der Waals surface area contributed by atoms with Crippen molar-refractivity contribution in [3.63, 3.8) is 0 Å². The van der Waals surface area contributed by atoms with Crippen molar-refractivity contribution >= 4 is 11.9 Å². The van der Waals surface area contributed by atoms with Crippen LogP contribution in [0.5, 0.6) is 0 Å². The zero-order chi connectivity index (χ0) is 35.8. The Morgan fingerprint density at radius 2 is 1.37 bits per heavy atom. The molecule has 0 aromatic heterocycles. The molecule has 1 aliphatic heterocycles. The molecule has 4 aliphatic carbocycles. The zero-order valence-corrected chi connectivity index (χ0v) is 29.3. The molecule has 0 radical (unpaired) electrons. The Labute approximate surface area is 290 Å². The number of cyclic esters (lactones) is 1. The van der Waals surface area contributed by atoms with E-state index in [2.05, 4.69) is 38.2 Å². The summed E-state index contributed by atoms with van der Waals surface area (Å²) in [7, 11) is 3.37. The van der Waals surface area contributed by atoms with Crippen molar-refractivity contribution < 1.29 is 54.4 Å². The van der Waals surface area contributed by atoms with Gasteiger partial charge in [-0.25, -0.2) is 0 Å². The highest BCUT2D eigenvalue weighted by Gasteiger charge is 2.42. The second-order valence-electron chi connectivity index (χ2n) is 14.8. The summed E-state index contributed by atoms with van der Waals surface area (Å²) >= 11 is 0. The standard InChI is InChI=1S/C19H30O6.C19H28O5/c1-11-3-4-12-7-14(21)9-17(25-2)19(12)16(11)6-5-13(20)8-15(22)10-18(23)24;1-11-3-4-12-7-13(20)9-17(23-2)19(12)16(11)6-5-15-8-14(21)10-18(22)24-15/h3-4,7,11,13-17,19-22H,5-6,8-10H2,1-2H3,(H,23,24);3-4,7,11,13-17,19-21H,5-6,8-10H2,1-2H3/t11-,13+,14+,15+,16-,17-,19?;11-,13-,14+,15+,16-,17-,19-/m00/s1. The van der Waals surface area contributed by atoms with Crippen molar-refractivity contribution in [1.82, 2.24) is 0 Å². The minimum atomic E-state index is -1.07. The van der Waals surface area contributed by atoms with E-state index in [9.17, 15) is 35.1 Å². The number of aliphatic hydroxyl groups excluding tert-OH is 5. The third-order valence-corrected chi connectivity index (χ3v) is 11.2. The van der Waals surface area contributed by atoms with Gasteiger partial charge in [0.1, 0.15) is 6.10 Å². The molecule has 0 aromatic carbocycles. The van der Waals surface area contributed by atoms with Crippen LogP contribution in [0.3, 0.4) is 0 Å². The largest absolute Gasteiger partial charge is 0.481 e. The lowest BCUT2D eigenvalue weighted by Gasteiger charge is -2.43. The third kappa shape index (κ3) is 10.8. The molecular formula is C38H58O11. The van der Waals surface area contributed by atoms with Gasteiger partial charge in [0.05, 0.1) is 55.6 Å². The molecule has 0 spiro atoms. The molecule has 1 heterocycles. The Bertz CT molecular complexity index is 1230. The fourth-order valence-electron chi connectivity index (χ4n) is 8.73. The van der Waals surface area contributed by atoms with Crippen LogP contribution < -0.4 is 0 Å². The van der Waals surface area contributed by atoms with Gasteiger partial charge in [-0.15, -0.1) is 0 Å². The SMILES string of the molecule is CO[C@H]1C[C@@H](O)C=C2C=C[C@H](C)[C@H](CC[C@@H]3C[C@@H](O)CC(=O)O3)[C@H]21.CO[C@H]1C[C@H](O)C=C2C=C[C@H](C)[C@H](CC[C@@H](O)C[C@@H](O)CC(=O)O)C21. The summed E-state index contributed by atoms with van der Waals surface area (Å²) in [5.74, 6) is 0.481. The van der Waals surface area contributed by atoms with Crippen LogP contribution in [-0.2, 0) is 23.8 Å². The molecule has 5 aliphatic rings. The van der Waals surface area contributed by atoms with E-state index < -0.39 is 36.5 Å². The number of carbonyl (C=O) groups is 2. The lowest BCUT2D eigenvalue weighted by atomic mass is 9.66. The molecule has 11 nitrogen and oxygen atoms in total. The van der Waals surface area contributed by atoms with Crippen LogP contribution in [0.2, 0.25) is 0 Å². The van der Waals surface area contributed by atoms with E-state index in [-0.39, 0.29) is 61.3 Å². The predicted molar refractivity (Wildman–Crippen MR) is 182 cm³/mol. The van der Waals surface area contributed by atoms with Crippen molar-refractivity contribution in [2.75, 3.05) is 14.2 Å². The Balaban J connectivity index is 0.000000221. The zero-order valence-electron chi connectivity index (χ0n) is 29.3. The molecule has 0 saturated carbocycles. The second kappa shape index (κ2) is 18.2. The van der Waals surface area contributed by atoms with Crippen molar-refractivity contribution in [3.05, 3.63) is 47.6 Å². The fraction of sp³-hybridized carbons (Fsp3) is 0.737. The number of fused-ring (bicyclic) bond motifs is 2. The maximum atomic E-state index is 11.5. The van der Waals surface area contributed by atoms with Gasteiger partial charge in [0.15, 0.2) is 0 Å². The molecule has 14 atom stereocenters. The molecule has 1 unspecified atom stereocenters. The van der Waals surface area contributed by atoms with Crippen LogP contribution in [-0.4, -0.2) is 106 Å². The van der Waals surface area contributed by atoms with Gasteiger partial charge in [0.2, 0.25) is 0 Å². The number of carboxylic acids is 1. The highest BCUT2D eigenvalue weighted by atomic mass is 16.5. The topological polar surface area (TPSA) is 183 Å². The van der Waals surface area contributed by atoms with Crippen LogP contribution >= 0.6 is 0 Å². The number of esters is 1. The summed E-state index contributed by atoms with van der Waals surface area (Å²) < 4.78 is 16.7. The number of carboxylic acid groups (broad SMARTS) is 1. The summed E-state index contributed by atoms with van der Waals surface area (Å²) in [4.78, 5) is 22.1. The lowest BCUT2D eigenvalue weighted by Crippen LogP contribution is -2.41. The van der Waals surface area contributed by atoms with Crippen LogP contribution in [0.15, 0.2) is 47.6 Å². The number of carbonyl (C=O) groups excluding carboxylic acids is 1. The summed E-state index contributed by atoms with van der Waals surface area (Å²) in [6, 6.07) is 0. The van der Waals surface area contributed by atoms with Crippen LogP contribution in [0.1, 0.15) is 78.1 Å². The first-order chi connectivity index (χ1) is 23.3. The summed E-state index contributed by atoms with van der Waals surface area (Å²) in [5.41, 5.74) is 2.25. The van der Waals surface area contributed by atoms with E-state index >= 15 is 0 Å². The van der Waals surface area contributed by atoms with Gasteiger partial charge >= 0.3 is 11.9 Å². The molecule has 0 aromatic rings. The molecule has 49 heavy (non-hydrogen) atoms. The normalized spacial score (nSPS) is 38.1. The maximum Gasteiger partial charge on any atom is 0.308 e. The summed E-state index contributed by atoms with van der Waals surface area (Å²) in [6.45, 7) is 4.35. The van der Waals surface area contributed by atoms with Crippen molar-refractivity contribution in [3.8, 4) is 0 Å². The number of aliphatic carboxylic acids is 1. The minimum Gasteiger partial charge on any atom is -0.481 e. The van der Waals surface area contributed by atoms with Gasteiger partial charge in [0.25, 0.3) is 0 Å². The highest BCUT2D eigenvalue weighted by Crippen LogP contribution is 2.45. The molecule has 5 rings (SSSR count). The van der Waals surface area contributed by atoms with E-state index in [4.69, 9.17) is 19.3 Å². The molecule has 1 fully saturated rings. The van der Waals surface area contributed by atoms with E-state index in [0.29, 0.717) is 43.4 Å². The van der Waals surface area contributed by atoms with E-state index in [1.165, 1.54) is 0 Å². The molecule has 1 saturated heterocycles. The monoisotopic (exact) mass is 690 g/mol. The Morgan fingerprint density at radius 3 is 1.86 bits per heavy atom. The van der Waals surface area contributed by atoms with Gasteiger partial charge in [-0.1, -0.05) is 50.3 Å². The van der Waals surface area contributed by atoms with Gasteiger partial charge in [0, 0.05) is 45.3 Å². The minimum absolute atomic E-state index is 0.0110. The number of ether oxygens (including phenoxy) is 3. The average Bonchev–Trinajstić information content (AvgIpc) is 3.02. The van der Waals surface area contributed by atoms with E-state index in [0.717, 1.165) is 30.4 Å². The summed E-state index contributed by atoms with van der Waals surface area (Å²) in [5, 5.41) is 58.3. The van der Waals surface area contributed by atoms with Gasteiger partial charge in [-0.3, -0.25) is 9.59 Å².